The van der Waals surface area contributed by atoms with Gasteiger partial charge in [0.05, 0.1) is 19.8 Å². The third-order valence-electron chi connectivity index (χ3n) is 3.59. The van der Waals surface area contributed by atoms with Crippen LogP contribution in [0.2, 0.25) is 0 Å². The van der Waals surface area contributed by atoms with Crippen LogP contribution in [0, 0.1) is 0 Å². The minimum atomic E-state index is 0.614. The molecule has 142 valence electrons. The van der Waals surface area contributed by atoms with Gasteiger partial charge in [-0.1, -0.05) is 24.3 Å². The fraction of sp³-hybridized carbons (Fsp3) is 0.632. The average molecular weight is 368 g/mol. The van der Waals surface area contributed by atoms with Crippen molar-refractivity contribution in [3.8, 4) is 0 Å². The molecule has 6 heteroatoms. The van der Waals surface area contributed by atoms with E-state index in [0.29, 0.717) is 19.8 Å². The topological polar surface area (TPSA) is 54.9 Å². The summed E-state index contributed by atoms with van der Waals surface area (Å²) in [5.74, 6) is 2.06. The first-order chi connectivity index (χ1) is 12.3. The summed E-state index contributed by atoms with van der Waals surface area (Å²) >= 11 is 1.89. The maximum absolute atomic E-state index is 5.63. The lowest BCUT2D eigenvalue weighted by Gasteiger charge is -2.12. The lowest BCUT2D eigenvalue weighted by molar-refractivity contribution is 0.0453. The van der Waals surface area contributed by atoms with Crippen molar-refractivity contribution in [1.82, 2.24) is 10.6 Å². The molecule has 0 spiro atoms. The van der Waals surface area contributed by atoms with Gasteiger partial charge in [0.2, 0.25) is 0 Å². The van der Waals surface area contributed by atoms with Gasteiger partial charge in [0.1, 0.15) is 0 Å². The van der Waals surface area contributed by atoms with Crippen molar-refractivity contribution >= 4 is 17.7 Å². The zero-order chi connectivity index (χ0) is 18.2. The van der Waals surface area contributed by atoms with Gasteiger partial charge in [-0.25, -0.2) is 0 Å². The van der Waals surface area contributed by atoms with Gasteiger partial charge in [-0.3, -0.25) is 4.99 Å². The zero-order valence-electron chi connectivity index (χ0n) is 15.8. The van der Waals surface area contributed by atoms with E-state index in [1.54, 1.807) is 7.05 Å². The highest BCUT2D eigenvalue weighted by molar-refractivity contribution is 7.98. The van der Waals surface area contributed by atoms with Gasteiger partial charge in [-0.2, -0.15) is 11.8 Å². The number of nitrogens with one attached hydrogen (secondary N) is 2. The van der Waals surface area contributed by atoms with E-state index < -0.39 is 0 Å². The number of rotatable bonds is 13. The van der Waals surface area contributed by atoms with Crippen LogP contribution in [0.15, 0.2) is 29.3 Å². The molecule has 1 rings (SSSR count). The Bertz CT molecular complexity index is 483. The first-order valence-corrected chi connectivity index (χ1v) is 10.4. The maximum Gasteiger partial charge on any atom is 0.191 e. The second-order valence-corrected chi connectivity index (χ2v) is 6.61. The van der Waals surface area contributed by atoms with E-state index in [0.717, 1.165) is 32.1 Å². The molecule has 0 saturated heterocycles. The minimum Gasteiger partial charge on any atom is -0.379 e. The number of aliphatic imine (C=N–C) groups is 1. The molecule has 1 aromatic carbocycles. The fourth-order valence-electron chi connectivity index (χ4n) is 2.27. The molecule has 0 atom stereocenters. The number of guanidine groups is 1. The molecular weight excluding hydrogens is 334 g/mol. The summed E-state index contributed by atoms with van der Waals surface area (Å²) in [5, 5.41) is 6.72. The van der Waals surface area contributed by atoms with Crippen LogP contribution in [0.3, 0.4) is 0 Å². The first kappa shape index (κ1) is 21.8. The summed E-state index contributed by atoms with van der Waals surface area (Å²) in [6.45, 7) is 6.32. The van der Waals surface area contributed by atoms with Crippen LogP contribution in [0.1, 0.15) is 30.9 Å². The van der Waals surface area contributed by atoms with E-state index in [-0.39, 0.29) is 0 Å². The summed E-state index contributed by atoms with van der Waals surface area (Å²) < 4.78 is 10.9. The smallest absolute Gasteiger partial charge is 0.191 e. The van der Waals surface area contributed by atoms with Crippen LogP contribution in [-0.4, -0.2) is 51.4 Å². The lowest BCUT2D eigenvalue weighted by Crippen LogP contribution is -2.37. The zero-order valence-corrected chi connectivity index (χ0v) is 16.7. The monoisotopic (exact) mass is 367 g/mol. The molecule has 0 radical (unpaired) electrons. The molecule has 0 aliphatic carbocycles. The molecule has 25 heavy (non-hydrogen) atoms. The number of benzene rings is 1. The van der Waals surface area contributed by atoms with E-state index in [9.17, 15) is 0 Å². The van der Waals surface area contributed by atoms with E-state index in [1.807, 2.05) is 18.7 Å². The molecular formula is C19H33N3O2S. The Balaban J connectivity index is 2.29. The van der Waals surface area contributed by atoms with Crippen molar-refractivity contribution in [3.63, 3.8) is 0 Å². The van der Waals surface area contributed by atoms with Crippen molar-refractivity contribution in [3.05, 3.63) is 35.4 Å². The number of ether oxygens (including phenoxy) is 2. The van der Waals surface area contributed by atoms with E-state index in [1.165, 1.54) is 23.3 Å². The Morgan fingerprint density at radius 3 is 2.68 bits per heavy atom. The molecule has 0 fully saturated rings. The van der Waals surface area contributed by atoms with Gasteiger partial charge in [-0.15, -0.1) is 0 Å². The SMILES string of the molecule is CCOCCOCc1cccc(CNC(=NC)NCCCCSC)c1. The predicted octanol–water partition coefficient (Wildman–Crippen LogP) is 3.05. The van der Waals surface area contributed by atoms with E-state index in [4.69, 9.17) is 9.47 Å². The molecule has 0 amide bonds. The fourth-order valence-corrected chi connectivity index (χ4v) is 2.76. The number of nitrogens with zero attached hydrogens (tertiary/aromatic N) is 1. The maximum atomic E-state index is 5.63. The van der Waals surface area contributed by atoms with Crippen LogP contribution in [0.4, 0.5) is 0 Å². The van der Waals surface area contributed by atoms with Gasteiger partial charge < -0.3 is 20.1 Å². The number of hydrogen-bond acceptors (Lipinski definition) is 4. The largest absolute Gasteiger partial charge is 0.379 e. The van der Waals surface area contributed by atoms with Gasteiger partial charge in [0, 0.05) is 26.7 Å². The third-order valence-corrected chi connectivity index (χ3v) is 4.28. The Labute approximate surface area is 157 Å². The summed E-state index contributed by atoms with van der Waals surface area (Å²) in [4.78, 5) is 4.27. The molecule has 0 heterocycles. The quantitative estimate of drug-likeness (QED) is 0.319. The summed E-state index contributed by atoms with van der Waals surface area (Å²) in [6, 6.07) is 8.43. The van der Waals surface area contributed by atoms with Crippen LogP contribution in [0.25, 0.3) is 0 Å². The highest BCUT2D eigenvalue weighted by atomic mass is 32.2. The van der Waals surface area contributed by atoms with Crippen molar-refractivity contribution < 1.29 is 9.47 Å². The first-order valence-electron chi connectivity index (χ1n) is 8.97. The van der Waals surface area contributed by atoms with Gasteiger partial charge >= 0.3 is 0 Å². The molecule has 2 N–H and O–H groups in total. The molecule has 0 aromatic heterocycles. The van der Waals surface area contributed by atoms with Crippen molar-refractivity contribution in [2.24, 2.45) is 4.99 Å². The predicted molar refractivity (Wildman–Crippen MR) is 108 cm³/mol. The Morgan fingerprint density at radius 2 is 1.92 bits per heavy atom. The summed E-state index contributed by atoms with van der Waals surface area (Å²) in [5.41, 5.74) is 2.40. The van der Waals surface area contributed by atoms with E-state index in [2.05, 4.69) is 46.1 Å². The number of hydrogen-bond donors (Lipinski definition) is 2. The highest BCUT2D eigenvalue weighted by Gasteiger charge is 2.00. The van der Waals surface area contributed by atoms with Gasteiger partial charge in [0.15, 0.2) is 5.96 Å². The lowest BCUT2D eigenvalue weighted by atomic mass is 10.1. The average Bonchev–Trinajstić information content (AvgIpc) is 2.64. The second-order valence-electron chi connectivity index (χ2n) is 5.62. The minimum absolute atomic E-state index is 0.614. The third kappa shape index (κ3) is 11.1. The Hall–Kier alpha value is -1.24. The highest BCUT2D eigenvalue weighted by Crippen LogP contribution is 2.06. The van der Waals surface area contributed by atoms with Gasteiger partial charge in [0.25, 0.3) is 0 Å². The second kappa shape index (κ2) is 15.0. The molecule has 1 aromatic rings. The van der Waals surface area contributed by atoms with Crippen LogP contribution in [-0.2, 0) is 22.6 Å². The van der Waals surface area contributed by atoms with Crippen LogP contribution >= 0.6 is 11.8 Å². The van der Waals surface area contributed by atoms with E-state index >= 15 is 0 Å². The normalized spacial score (nSPS) is 11.6. The molecule has 0 aliphatic rings. The number of thioether (sulfide) groups is 1. The van der Waals surface area contributed by atoms with Crippen molar-refractivity contribution in [1.29, 1.82) is 0 Å². The Kier molecular flexibility index (Phi) is 13.1. The van der Waals surface area contributed by atoms with Crippen molar-refractivity contribution in [2.45, 2.75) is 32.9 Å². The van der Waals surface area contributed by atoms with Crippen LogP contribution in [0.5, 0.6) is 0 Å². The van der Waals surface area contributed by atoms with Crippen molar-refractivity contribution in [2.75, 3.05) is 45.4 Å². The Morgan fingerprint density at radius 1 is 1.12 bits per heavy atom. The molecule has 0 unspecified atom stereocenters. The molecule has 0 bridgehead atoms. The molecule has 5 nitrogen and oxygen atoms in total. The molecule has 0 saturated carbocycles. The van der Waals surface area contributed by atoms with Gasteiger partial charge in [-0.05, 0) is 42.9 Å². The standard InChI is InChI=1S/C19H33N3O2S/c1-4-23-11-12-24-16-18-9-7-8-17(14-18)15-22-19(20-2)21-10-5-6-13-25-3/h7-9,14H,4-6,10-13,15-16H2,1-3H3,(H2,20,21,22). The number of unbranched alkanes of at least 4 members (excludes halogenated alkanes) is 1. The summed E-state index contributed by atoms with van der Waals surface area (Å²) in [6.07, 6.45) is 4.54. The molecule has 0 aliphatic heterocycles. The summed E-state index contributed by atoms with van der Waals surface area (Å²) in [7, 11) is 1.81. The van der Waals surface area contributed by atoms with Crippen LogP contribution < -0.4 is 10.6 Å².